The molecule has 0 spiro atoms. The maximum Gasteiger partial charge on any atom is 0.408 e. The zero-order valence-electron chi connectivity index (χ0n) is 24.2. The number of benzene rings is 2. The average Bonchev–Trinajstić information content (AvgIpc) is 3.46. The molecule has 41 heavy (non-hydrogen) atoms. The molecule has 1 saturated heterocycles. The summed E-state index contributed by atoms with van der Waals surface area (Å²) in [5.74, 6) is -1.93. The standard InChI is InChI=1S/C31H42N4O6/c1-20(2)25(27(36)29(38)32-18-22-12-7-5-8-13-22)33-28(37)24-16-11-17-35(24)30(39)26(21(3)4)34-31(40)41-19-23-14-9-6-10-15-23/h5-10,12-15,20-21,24-27,36H,11,16-19H2,1-4H3,(H,32,38)(H,33,37)(H,34,40)/t24?,25-,26-,27?/m0/s1. The van der Waals surface area contributed by atoms with E-state index in [0.29, 0.717) is 19.4 Å². The number of alkyl carbamates (subject to hydrolysis) is 1. The van der Waals surface area contributed by atoms with Crippen LogP contribution < -0.4 is 16.0 Å². The molecule has 222 valence electrons. The lowest BCUT2D eigenvalue weighted by molar-refractivity contribution is -0.142. The molecule has 2 aromatic rings. The van der Waals surface area contributed by atoms with Crippen LogP contribution in [0.4, 0.5) is 4.79 Å². The van der Waals surface area contributed by atoms with Crippen molar-refractivity contribution in [1.82, 2.24) is 20.9 Å². The van der Waals surface area contributed by atoms with E-state index in [4.69, 9.17) is 4.74 Å². The Hall–Kier alpha value is -3.92. The molecular weight excluding hydrogens is 524 g/mol. The average molecular weight is 567 g/mol. The van der Waals surface area contributed by atoms with Crippen molar-refractivity contribution in [3.8, 4) is 0 Å². The van der Waals surface area contributed by atoms with Crippen LogP contribution in [-0.4, -0.2) is 64.6 Å². The number of ether oxygens (including phenoxy) is 1. The number of carbonyl (C=O) groups is 4. The third-order valence-corrected chi connectivity index (χ3v) is 7.20. The monoisotopic (exact) mass is 566 g/mol. The lowest BCUT2D eigenvalue weighted by atomic mass is 9.97. The van der Waals surface area contributed by atoms with Gasteiger partial charge in [0.25, 0.3) is 5.91 Å². The minimum atomic E-state index is -1.47. The van der Waals surface area contributed by atoms with Crippen molar-refractivity contribution in [3.63, 3.8) is 0 Å². The van der Waals surface area contributed by atoms with E-state index in [1.54, 1.807) is 13.8 Å². The first kappa shape index (κ1) is 31.6. The molecule has 0 saturated carbocycles. The Kier molecular flexibility index (Phi) is 11.7. The Morgan fingerprint density at radius 3 is 2.10 bits per heavy atom. The maximum atomic E-state index is 13.6. The third kappa shape index (κ3) is 9.04. The lowest BCUT2D eigenvalue weighted by Crippen LogP contribution is -2.59. The number of nitrogens with zero attached hydrogens (tertiary/aromatic N) is 1. The molecule has 10 nitrogen and oxygen atoms in total. The largest absolute Gasteiger partial charge is 0.445 e. The molecule has 2 aromatic carbocycles. The Morgan fingerprint density at radius 1 is 0.902 bits per heavy atom. The summed E-state index contributed by atoms with van der Waals surface area (Å²) in [5.41, 5.74) is 1.71. The fourth-order valence-corrected chi connectivity index (χ4v) is 4.81. The molecule has 4 atom stereocenters. The zero-order chi connectivity index (χ0) is 29.9. The van der Waals surface area contributed by atoms with Gasteiger partial charge in [-0.05, 0) is 35.8 Å². The summed E-state index contributed by atoms with van der Waals surface area (Å²) in [6.45, 7) is 7.89. The molecule has 4 N–H and O–H groups in total. The smallest absolute Gasteiger partial charge is 0.408 e. The van der Waals surface area contributed by atoms with E-state index in [1.165, 1.54) is 4.90 Å². The molecule has 1 aliphatic heterocycles. The fraction of sp³-hybridized carbons (Fsp3) is 0.484. The Labute approximate surface area is 241 Å². The molecule has 0 aliphatic carbocycles. The predicted molar refractivity (Wildman–Crippen MR) is 154 cm³/mol. The quantitative estimate of drug-likeness (QED) is 0.312. The molecule has 1 aliphatic rings. The first-order valence-electron chi connectivity index (χ1n) is 14.2. The first-order chi connectivity index (χ1) is 19.6. The van der Waals surface area contributed by atoms with E-state index in [1.807, 2.05) is 74.5 Å². The number of carbonyl (C=O) groups excluding carboxylic acids is 4. The maximum absolute atomic E-state index is 13.6. The van der Waals surface area contributed by atoms with Crippen molar-refractivity contribution in [3.05, 3.63) is 71.8 Å². The molecular formula is C31H42N4O6. The Bertz CT molecular complexity index is 1160. The van der Waals surface area contributed by atoms with Crippen molar-refractivity contribution >= 4 is 23.8 Å². The van der Waals surface area contributed by atoms with Crippen LogP contribution in [-0.2, 0) is 32.3 Å². The molecule has 3 rings (SSSR count). The molecule has 1 heterocycles. The summed E-state index contributed by atoms with van der Waals surface area (Å²) in [6, 6.07) is 16.0. The van der Waals surface area contributed by atoms with Gasteiger partial charge in [0.15, 0.2) is 6.10 Å². The number of nitrogens with one attached hydrogen (secondary N) is 3. The third-order valence-electron chi connectivity index (χ3n) is 7.20. The van der Waals surface area contributed by atoms with E-state index in [-0.39, 0.29) is 30.9 Å². The molecule has 2 unspecified atom stereocenters. The Morgan fingerprint density at radius 2 is 1.51 bits per heavy atom. The van der Waals surface area contributed by atoms with Crippen molar-refractivity contribution in [1.29, 1.82) is 0 Å². The number of amides is 4. The molecule has 0 aromatic heterocycles. The second kappa shape index (κ2) is 15.2. The van der Waals surface area contributed by atoms with Crippen LogP contribution in [0.25, 0.3) is 0 Å². The lowest BCUT2D eigenvalue weighted by Gasteiger charge is -2.32. The highest BCUT2D eigenvalue weighted by atomic mass is 16.5. The summed E-state index contributed by atoms with van der Waals surface area (Å²) in [4.78, 5) is 53.7. The van der Waals surface area contributed by atoms with Gasteiger partial charge in [-0.1, -0.05) is 88.4 Å². The van der Waals surface area contributed by atoms with Gasteiger partial charge in [-0.3, -0.25) is 14.4 Å². The summed E-state index contributed by atoms with van der Waals surface area (Å²) in [6.07, 6.45) is -1.15. The van der Waals surface area contributed by atoms with Gasteiger partial charge in [0.2, 0.25) is 11.8 Å². The molecule has 1 fully saturated rings. The molecule has 10 heteroatoms. The fourth-order valence-electron chi connectivity index (χ4n) is 4.81. The number of hydrogen-bond acceptors (Lipinski definition) is 6. The van der Waals surface area contributed by atoms with Crippen LogP contribution in [0.15, 0.2) is 60.7 Å². The van der Waals surface area contributed by atoms with Crippen LogP contribution >= 0.6 is 0 Å². The van der Waals surface area contributed by atoms with E-state index >= 15 is 0 Å². The van der Waals surface area contributed by atoms with Crippen molar-refractivity contribution < 1.29 is 29.0 Å². The number of aliphatic hydroxyl groups is 1. The number of hydrogen-bond donors (Lipinski definition) is 4. The number of likely N-dealkylation sites (tertiary alicyclic amines) is 1. The minimum absolute atomic E-state index is 0.0677. The van der Waals surface area contributed by atoms with E-state index in [2.05, 4.69) is 16.0 Å². The SMILES string of the molecule is CC(C)[C@H](NC(=O)C1CCCN1C(=O)[C@@H](NC(=O)OCc1ccccc1)C(C)C)C(O)C(=O)NCc1ccccc1. The minimum Gasteiger partial charge on any atom is -0.445 e. The topological polar surface area (TPSA) is 137 Å². The van der Waals surface area contributed by atoms with Crippen LogP contribution in [0.1, 0.15) is 51.7 Å². The van der Waals surface area contributed by atoms with Gasteiger partial charge < -0.3 is 30.7 Å². The van der Waals surface area contributed by atoms with Gasteiger partial charge >= 0.3 is 6.09 Å². The molecule has 0 bridgehead atoms. The predicted octanol–water partition coefficient (Wildman–Crippen LogP) is 2.75. The number of rotatable bonds is 12. The molecule has 4 amide bonds. The van der Waals surface area contributed by atoms with Gasteiger partial charge in [-0.15, -0.1) is 0 Å². The van der Waals surface area contributed by atoms with Crippen LogP contribution in [0.2, 0.25) is 0 Å². The normalized spacial score (nSPS) is 17.0. The second-order valence-electron chi connectivity index (χ2n) is 11.0. The van der Waals surface area contributed by atoms with E-state index in [0.717, 1.165) is 11.1 Å². The summed E-state index contributed by atoms with van der Waals surface area (Å²) >= 11 is 0. The highest BCUT2D eigenvalue weighted by Crippen LogP contribution is 2.21. The summed E-state index contributed by atoms with van der Waals surface area (Å²) < 4.78 is 5.31. The summed E-state index contributed by atoms with van der Waals surface area (Å²) in [7, 11) is 0. The van der Waals surface area contributed by atoms with Crippen molar-refractivity contribution in [2.45, 2.75) is 77.9 Å². The van der Waals surface area contributed by atoms with Gasteiger partial charge in [0.05, 0.1) is 6.04 Å². The number of aliphatic hydroxyl groups excluding tert-OH is 1. The van der Waals surface area contributed by atoms with Crippen molar-refractivity contribution in [2.24, 2.45) is 11.8 Å². The van der Waals surface area contributed by atoms with Gasteiger partial charge in [0.1, 0.15) is 18.7 Å². The van der Waals surface area contributed by atoms with Crippen LogP contribution in [0, 0.1) is 11.8 Å². The second-order valence-corrected chi connectivity index (χ2v) is 11.0. The van der Waals surface area contributed by atoms with Crippen LogP contribution in [0.3, 0.4) is 0 Å². The molecule has 0 radical (unpaired) electrons. The van der Waals surface area contributed by atoms with E-state index in [9.17, 15) is 24.3 Å². The van der Waals surface area contributed by atoms with Crippen molar-refractivity contribution in [2.75, 3.05) is 6.54 Å². The van der Waals surface area contributed by atoms with E-state index < -0.39 is 42.1 Å². The first-order valence-corrected chi connectivity index (χ1v) is 14.2. The zero-order valence-corrected chi connectivity index (χ0v) is 24.2. The highest BCUT2D eigenvalue weighted by Gasteiger charge is 2.40. The van der Waals surface area contributed by atoms with Gasteiger partial charge in [0, 0.05) is 13.1 Å². The van der Waals surface area contributed by atoms with Gasteiger partial charge in [-0.25, -0.2) is 4.79 Å². The highest BCUT2D eigenvalue weighted by molar-refractivity contribution is 5.92. The van der Waals surface area contributed by atoms with Crippen LogP contribution in [0.5, 0.6) is 0 Å². The summed E-state index contributed by atoms with van der Waals surface area (Å²) in [5, 5.41) is 19.0. The van der Waals surface area contributed by atoms with Gasteiger partial charge in [-0.2, -0.15) is 0 Å². The Balaban J connectivity index is 1.61.